The summed E-state index contributed by atoms with van der Waals surface area (Å²) in [6.45, 7) is 3.47. The van der Waals surface area contributed by atoms with Gasteiger partial charge in [-0.15, -0.1) is 0 Å². The number of benzene rings is 2. The van der Waals surface area contributed by atoms with Crippen molar-refractivity contribution in [2.24, 2.45) is 5.92 Å². The van der Waals surface area contributed by atoms with E-state index in [9.17, 15) is 22.8 Å². The number of halogens is 3. The number of alkyl halides is 3. The molecule has 0 unspecified atom stereocenters. The van der Waals surface area contributed by atoms with Gasteiger partial charge in [-0.3, -0.25) is 15.0 Å². The summed E-state index contributed by atoms with van der Waals surface area (Å²) in [5.41, 5.74) is 4.85. The molecular formula is C22H25F3N2O3. The van der Waals surface area contributed by atoms with Gasteiger partial charge < -0.3 is 4.74 Å². The van der Waals surface area contributed by atoms with Gasteiger partial charge in [0.25, 0.3) is 5.91 Å². The fraction of sp³-hybridized carbons (Fsp3) is 0.364. The highest BCUT2D eigenvalue weighted by Gasteiger charge is 2.37. The molecule has 0 spiro atoms. The van der Waals surface area contributed by atoms with Crippen LogP contribution in [-0.4, -0.2) is 24.5 Å². The molecule has 30 heavy (non-hydrogen) atoms. The van der Waals surface area contributed by atoms with E-state index in [2.05, 4.69) is 10.9 Å². The molecule has 0 aliphatic rings. The monoisotopic (exact) mass is 422 g/mol. The average Bonchev–Trinajstić information content (AvgIpc) is 2.75. The highest BCUT2D eigenvalue weighted by molar-refractivity contribution is 5.93. The number of esters is 1. The number of hydrazine groups is 1. The van der Waals surface area contributed by atoms with Crippen molar-refractivity contribution < 1.29 is 27.5 Å². The van der Waals surface area contributed by atoms with E-state index in [-0.39, 0.29) is 5.56 Å². The second-order valence-corrected chi connectivity index (χ2v) is 7.30. The lowest BCUT2D eigenvalue weighted by molar-refractivity contribution is -0.148. The number of hydrogen-bond acceptors (Lipinski definition) is 4. The summed E-state index contributed by atoms with van der Waals surface area (Å²) in [5.74, 6) is -1.65. The van der Waals surface area contributed by atoms with E-state index < -0.39 is 35.1 Å². The molecule has 0 fully saturated rings. The summed E-state index contributed by atoms with van der Waals surface area (Å²) in [4.78, 5) is 24.6. The van der Waals surface area contributed by atoms with Gasteiger partial charge in [0.1, 0.15) is 0 Å². The van der Waals surface area contributed by atoms with Gasteiger partial charge >= 0.3 is 12.1 Å². The predicted octanol–water partition coefficient (Wildman–Crippen LogP) is 4.14. The first-order valence-corrected chi connectivity index (χ1v) is 9.43. The van der Waals surface area contributed by atoms with E-state index in [1.165, 1.54) is 7.11 Å². The third-order valence-corrected chi connectivity index (χ3v) is 5.22. The fourth-order valence-electron chi connectivity index (χ4n) is 2.96. The third-order valence-electron chi connectivity index (χ3n) is 5.22. The maximum Gasteiger partial charge on any atom is 0.416 e. The molecule has 8 heteroatoms. The quantitative estimate of drug-likeness (QED) is 0.496. The van der Waals surface area contributed by atoms with Crippen molar-refractivity contribution in [3.8, 4) is 0 Å². The minimum absolute atomic E-state index is 0.0617. The van der Waals surface area contributed by atoms with Crippen molar-refractivity contribution in [2.75, 3.05) is 7.11 Å². The number of ether oxygens (including phenoxy) is 1. The van der Waals surface area contributed by atoms with Crippen LogP contribution in [0.15, 0.2) is 54.6 Å². The summed E-state index contributed by atoms with van der Waals surface area (Å²) < 4.78 is 42.9. The minimum Gasteiger partial charge on any atom is -0.469 e. The summed E-state index contributed by atoms with van der Waals surface area (Å²) >= 11 is 0. The molecule has 5 nitrogen and oxygen atoms in total. The molecule has 0 aromatic heterocycles. The van der Waals surface area contributed by atoms with E-state index in [0.29, 0.717) is 12.8 Å². The first-order valence-electron chi connectivity index (χ1n) is 9.43. The van der Waals surface area contributed by atoms with Crippen LogP contribution in [-0.2, 0) is 22.1 Å². The van der Waals surface area contributed by atoms with E-state index in [4.69, 9.17) is 4.74 Å². The maximum absolute atomic E-state index is 12.7. The second-order valence-electron chi connectivity index (χ2n) is 7.30. The van der Waals surface area contributed by atoms with Gasteiger partial charge in [-0.2, -0.15) is 13.2 Å². The standard InChI is InChI=1S/C22H25F3N2O3/c1-15(20(29)30-3)21(2,14-13-16-7-5-4-6-8-16)27-26-19(28)17-9-11-18(12-10-17)22(23,24)25/h4-12,15,27H,13-14H2,1-3H3,(H,26,28)/t15-,21+/m1/s1. The maximum atomic E-state index is 12.7. The summed E-state index contributed by atoms with van der Waals surface area (Å²) in [6.07, 6.45) is -3.33. The number of nitrogens with one attached hydrogen (secondary N) is 2. The van der Waals surface area contributed by atoms with Crippen molar-refractivity contribution in [1.29, 1.82) is 0 Å². The lowest BCUT2D eigenvalue weighted by atomic mass is 9.82. The van der Waals surface area contributed by atoms with Gasteiger partial charge in [-0.05, 0) is 49.6 Å². The predicted molar refractivity (Wildman–Crippen MR) is 106 cm³/mol. The van der Waals surface area contributed by atoms with Gasteiger partial charge in [0, 0.05) is 11.1 Å². The molecule has 2 aromatic rings. The van der Waals surface area contributed by atoms with Crippen LogP contribution in [0.5, 0.6) is 0 Å². The molecule has 0 bridgehead atoms. The van der Waals surface area contributed by atoms with E-state index in [0.717, 1.165) is 29.8 Å². The summed E-state index contributed by atoms with van der Waals surface area (Å²) in [6, 6.07) is 13.6. The SMILES string of the molecule is COC(=O)[C@@H](C)[C@](C)(CCc1ccccc1)NNC(=O)c1ccc(C(F)(F)F)cc1. The first-order chi connectivity index (χ1) is 14.1. The van der Waals surface area contributed by atoms with E-state index in [1.807, 2.05) is 30.3 Å². The van der Waals surface area contributed by atoms with Crippen molar-refractivity contribution in [1.82, 2.24) is 10.9 Å². The molecule has 0 heterocycles. The Hall–Kier alpha value is -2.87. The molecule has 0 saturated carbocycles. The number of aryl methyl sites for hydroxylation is 1. The number of rotatable bonds is 8. The smallest absolute Gasteiger partial charge is 0.416 e. The van der Waals surface area contributed by atoms with Gasteiger partial charge in [0.2, 0.25) is 0 Å². The van der Waals surface area contributed by atoms with Gasteiger partial charge in [-0.25, -0.2) is 5.43 Å². The Morgan fingerprint density at radius 1 is 1.03 bits per heavy atom. The zero-order chi connectivity index (χ0) is 22.4. The number of amides is 1. The van der Waals surface area contributed by atoms with E-state index >= 15 is 0 Å². The molecule has 2 N–H and O–H groups in total. The Bertz CT molecular complexity index is 854. The van der Waals surface area contributed by atoms with Gasteiger partial charge in [0.05, 0.1) is 18.6 Å². The topological polar surface area (TPSA) is 67.4 Å². The van der Waals surface area contributed by atoms with Gasteiger partial charge in [-0.1, -0.05) is 37.3 Å². The Morgan fingerprint density at radius 2 is 1.63 bits per heavy atom. The van der Waals surface area contributed by atoms with Crippen LogP contribution in [0, 0.1) is 5.92 Å². The normalized spacial score (nSPS) is 14.5. The molecule has 0 aliphatic carbocycles. The van der Waals surface area contributed by atoms with Crippen LogP contribution in [0.4, 0.5) is 13.2 Å². The number of carbonyl (C=O) groups is 2. The summed E-state index contributed by atoms with van der Waals surface area (Å²) in [5, 5.41) is 0. The number of methoxy groups -OCH3 is 1. The number of hydrogen-bond donors (Lipinski definition) is 2. The minimum atomic E-state index is -4.47. The van der Waals surface area contributed by atoms with Crippen LogP contribution >= 0.6 is 0 Å². The molecule has 0 aliphatic heterocycles. The van der Waals surface area contributed by atoms with Crippen molar-refractivity contribution in [3.05, 3.63) is 71.3 Å². The summed E-state index contributed by atoms with van der Waals surface area (Å²) in [7, 11) is 1.29. The van der Waals surface area contributed by atoms with E-state index in [1.54, 1.807) is 13.8 Å². The third kappa shape index (κ3) is 6.06. The first kappa shape index (κ1) is 23.4. The second kappa shape index (κ2) is 9.75. The largest absolute Gasteiger partial charge is 0.469 e. The molecule has 1 amide bonds. The van der Waals surface area contributed by atoms with Crippen LogP contribution in [0.25, 0.3) is 0 Å². The van der Waals surface area contributed by atoms with Crippen LogP contribution in [0.2, 0.25) is 0 Å². The Labute approximate surface area is 173 Å². The van der Waals surface area contributed by atoms with Crippen LogP contribution in [0.1, 0.15) is 41.8 Å². The molecule has 2 atom stereocenters. The molecule has 0 saturated heterocycles. The highest BCUT2D eigenvalue weighted by Crippen LogP contribution is 2.29. The molecular weight excluding hydrogens is 397 g/mol. The Balaban J connectivity index is 2.11. The van der Waals surface area contributed by atoms with Gasteiger partial charge in [0.15, 0.2) is 0 Å². The van der Waals surface area contributed by atoms with Crippen molar-refractivity contribution in [2.45, 2.75) is 38.4 Å². The molecule has 2 rings (SSSR count). The Kier molecular flexibility index (Phi) is 7.61. The number of carbonyl (C=O) groups excluding carboxylic acids is 2. The zero-order valence-electron chi connectivity index (χ0n) is 17.0. The van der Waals surface area contributed by atoms with Crippen LogP contribution in [0.3, 0.4) is 0 Å². The van der Waals surface area contributed by atoms with Crippen molar-refractivity contribution >= 4 is 11.9 Å². The Morgan fingerprint density at radius 3 is 2.17 bits per heavy atom. The molecule has 162 valence electrons. The van der Waals surface area contributed by atoms with Crippen LogP contribution < -0.4 is 10.9 Å². The highest BCUT2D eigenvalue weighted by atomic mass is 19.4. The zero-order valence-corrected chi connectivity index (χ0v) is 17.0. The molecule has 2 aromatic carbocycles. The fourth-order valence-corrected chi connectivity index (χ4v) is 2.96. The lowest BCUT2D eigenvalue weighted by Crippen LogP contribution is -2.58. The van der Waals surface area contributed by atoms with Crippen molar-refractivity contribution in [3.63, 3.8) is 0 Å². The molecule has 0 radical (unpaired) electrons. The average molecular weight is 422 g/mol. The lowest BCUT2D eigenvalue weighted by Gasteiger charge is -2.35.